The van der Waals surface area contributed by atoms with Crippen LogP contribution >= 0.6 is 0 Å². The van der Waals surface area contributed by atoms with Crippen LogP contribution in [0.4, 0.5) is 17.2 Å². The van der Waals surface area contributed by atoms with Crippen molar-refractivity contribution in [3.05, 3.63) is 72.9 Å². The number of hydrogen-bond donors (Lipinski definition) is 2. The maximum atomic E-state index is 5.89. The van der Waals surface area contributed by atoms with Gasteiger partial charge >= 0.3 is 0 Å². The van der Waals surface area contributed by atoms with Gasteiger partial charge in [-0.2, -0.15) is 0 Å². The molecule has 1 aromatic heterocycles. The monoisotopic (exact) mass is 277 g/mol. The first kappa shape index (κ1) is 13.0. The summed E-state index contributed by atoms with van der Waals surface area (Å²) in [6, 6.07) is 20.9. The molecule has 4 heteroatoms. The number of anilines is 3. The van der Waals surface area contributed by atoms with E-state index in [4.69, 9.17) is 10.5 Å². The first-order valence-corrected chi connectivity index (χ1v) is 6.62. The lowest BCUT2D eigenvalue weighted by atomic mass is 10.2. The Hall–Kier alpha value is -3.01. The van der Waals surface area contributed by atoms with Crippen molar-refractivity contribution in [3.63, 3.8) is 0 Å². The SMILES string of the molecule is Nc1ccnc(Nc2ccccc2Oc2ccccc2)c1. The molecule has 0 atom stereocenters. The number of nitrogen functional groups attached to an aromatic ring is 1. The van der Waals surface area contributed by atoms with Crippen LogP contribution in [0.25, 0.3) is 0 Å². The Bertz CT molecular complexity index is 729. The van der Waals surface area contributed by atoms with E-state index in [1.54, 1.807) is 18.3 Å². The second-order valence-corrected chi connectivity index (χ2v) is 4.51. The molecule has 104 valence electrons. The van der Waals surface area contributed by atoms with Crippen LogP contribution in [0, 0.1) is 0 Å². The van der Waals surface area contributed by atoms with E-state index in [9.17, 15) is 0 Å². The molecule has 0 bridgehead atoms. The van der Waals surface area contributed by atoms with Crippen LogP contribution in [-0.2, 0) is 0 Å². The second-order valence-electron chi connectivity index (χ2n) is 4.51. The highest BCUT2D eigenvalue weighted by Gasteiger charge is 2.05. The molecule has 0 spiro atoms. The van der Waals surface area contributed by atoms with Crippen LogP contribution in [0.2, 0.25) is 0 Å². The molecule has 0 aliphatic heterocycles. The first-order chi connectivity index (χ1) is 10.3. The lowest BCUT2D eigenvalue weighted by Crippen LogP contribution is -1.97. The van der Waals surface area contributed by atoms with Crippen LogP contribution in [0.1, 0.15) is 0 Å². The Labute approximate surface area is 123 Å². The number of rotatable bonds is 4. The largest absolute Gasteiger partial charge is 0.455 e. The van der Waals surface area contributed by atoms with E-state index in [0.29, 0.717) is 11.5 Å². The summed E-state index contributed by atoms with van der Waals surface area (Å²) in [5, 5.41) is 3.22. The number of ether oxygens (including phenoxy) is 1. The molecule has 21 heavy (non-hydrogen) atoms. The van der Waals surface area contributed by atoms with E-state index in [1.807, 2.05) is 54.6 Å². The van der Waals surface area contributed by atoms with Crippen molar-refractivity contribution in [1.82, 2.24) is 4.98 Å². The lowest BCUT2D eigenvalue weighted by molar-refractivity contribution is 0.485. The fourth-order valence-electron chi connectivity index (χ4n) is 1.93. The maximum Gasteiger partial charge on any atom is 0.150 e. The van der Waals surface area contributed by atoms with Crippen molar-refractivity contribution in [3.8, 4) is 11.5 Å². The fourth-order valence-corrected chi connectivity index (χ4v) is 1.93. The molecule has 4 nitrogen and oxygen atoms in total. The highest BCUT2D eigenvalue weighted by atomic mass is 16.5. The molecule has 0 saturated carbocycles. The molecule has 3 N–H and O–H groups in total. The summed E-state index contributed by atoms with van der Waals surface area (Å²) < 4.78 is 5.89. The van der Waals surface area contributed by atoms with Crippen LogP contribution in [0.5, 0.6) is 11.5 Å². The Morgan fingerprint density at radius 3 is 2.48 bits per heavy atom. The molecule has 0 amide bonds. The molecular formula is C17H15N3O. The van der Waals surface area contributed by atoms with E-state index in [0.717, 1.165) is 17.2 Å². The third-order valence-electron chi connectivity index (χ3n) is 2.90. The highest BCUT2D eigenvalue weighted by Crippen LogP contribution is 2.31. The van der Waals surface area contributed by atoms with E-state index in [2.05, 4.69) is 10.3 Å². The number of benzene rings is 2. The van der Waals surface area contributed by atoms with Crippen molar-refractivity contribution < 1.29 is 4.74 Å². The zero-order valence-electron chi connectivity index (χ0n) is 11.4. The summed E-state index contributed by atoms with van der Waals surface area (Å²) in [7, 11) is 0. The second kappa shape index (κ2) is 5.96. The predicted octanol–water partition coefficient (Wildman–Crippen LogP) is 4.20. The molecule has 0 aliphatic rings. The molecule has 0 saturated heterocycles. The molecular weight excluding hydrogens is 262 g/mol. The summed E-state index contributed by atoms with van der Waals surface area (Å²) in [6.07, 6.45) is 1.67. The number of pyridine rings is 1. The number of hydrogen-bond acceptors (Lipinski definition) is 4. The Balaban J connectivity index is 1.86. The van der Waals surface area contributed by atoms with E-state index < -0.39 is 0 Å². The van der Waals surface area contributed by atoms with Gasteiger partial charge in [0.15, 0.2) is 5.75 Å². The van der Waals surface area contributed by atoms with Crippen molar-refractivity contribution >= 4 is 17.2 Å². The number of aromatic nitrogens is 1. The third kappa shape index (κ3) is 3.30. The Morgan fingerprint density at radius 1 is 0.905 bits per heavy atom. The quantitative estimate of drug-likeness (QED) is 0.750. The van der Waals surface area contributed by atoms with Crippen LogP contribution in [0.15, 0.2) is 72.9 Å². The van der Waals surface area contributed by atoms with Crippen LogP contribution < -0.4 is 15.8 Å². The summed E-state index contributed by atoms with van der Waals surface area (Å²) in [5.74, 6) is 2.19. The lowest BCUT2D eigenvalue weighted by Gasteiger charge is -2.12. The molecule has 2 aromatic carbocycles. The van der Waals surface area contributed by atoms with Gasteiger partial charge in [-0.3, -0.25) is 0 Å². The summed E-state index contributed by atoms with van der Waals surface area (Å²) in [5.41, 5.74) is 7.26. The summed E-state index contributed by atoms with van der Waals surface area (Å²) >= 11 is 0. The standard InChI is InChI=1S/C17H15N3O/c18-13-10-11-19-17(12-13)20-15-8-4-5-9-16(15)21-14-6-2-1-3-7-14/h1-12H,(H3,18,19,20). The van der Waals surface area contributed by atoms with E-state index in [1.165, 1.54) is 0 Å². The maximum absolute atomic E-state index is 5.89. The zero-order valence-corrected chi connectivity index (χ0v) is 11.4. The van der Waals surface area contributed by atoms with Crippen LogP contribution in [-0.4, -0.2) is 4.98 Å². The van der Waals surface area contributed by atoms with Crippen LogP contribution in [0.3, 0.4) is 0 Å². The number of nitrogens with one attached hydrogen (secondary N) is 1. The number of nitrogens with zero attached hydrogens (tertiary/aromatic N) is 1. The fraction of sp³-hybridized carbons (Fsp3) is 0. The number of nitrogens with two attached hydrogens (primary N) is 1. The topological polar surface area (TPSA) is 60.2 Å². The van der Waals surface area contributed by atoms with Crippen molar-refractivity contribution in [2.24, 2.45) is 0 Å². The van der Waals surface area contributed by atoms with Gasteiger partial charge in [-0.1, -0.05) is 30.3 Å². The zero-order chi connectivity index (χ0) is 14.5. The van der Waals surface area contributed by atoms with Gasteiger partial charge in [0.05, 0.1) is 5.69 Å². The van der Waals surface area contributed by atoms with Crippen molar-refractivity contribution in [1.29, 1.82) is 0 Å². The molecule has 0 radical (unpaired) electrons. The first-order valence-electron chi connectivity index (χ1n) is 6.62. The highest BCUT2D eigenvalue weighted by molar-refractivity contribution is 5.66. The molecule has 3 aromatic rings. The van der Waals surface area contributed by atoms with Gasteiger partial charge in [-0.15, -0.1) is 0 Å². The minimum absolute atomic E-state index is 0.661. The molecule has 3 rings (SSSR count). The minimum atomic E-state index is 0.661. The average molecular weight is 277 g/mol. The van der Waals surface area contributed by atoms with Gasteiger partial charge in [0.25, 0.3) is 0 Å². The molecule has 0 aliphatic carbocycles. The number of para-hydroxylation sites is 3. The smallest absolute Gasteiger partial charge is 0.150 e. The van der Waals surface area contributed by atoms with Gasteiger partial charge in [-0.05, 0) is 30.3 Å². The van der Waals surface area contributed by atoms with Gasteiger partial charge < -0.3 is 15.8 Å². The summed E-state index contributed by atoms with van der Waals surface area (Å²) in [4.78, 5) is 4.24. The van der Waals surface area contributed by atoms with E-state index in [-0.39, 0.29) is 0 Å². The molecule has 0 fully saturated rings. The molecule has 1 heterocycles. The van der Waals surface area contributed by atoms with Gasteiger partial charge in [0, 0.05) is 18.0 Å². The Morgan fingerprint density at radius 2 is 1.67 bits per heavy atom. The predicted molar refractivity (Wildman–Crippen MR) is 84.9 cm³/mol. The minimum Gasteiger partial charge on any atom is -0.455 e. The van der Waals surface area contributed by atoms with Crippen molar-refractivity contribution in [2.75, 3.05) is 11.1 Å². The third-order valence-corrected chi connectivity index (χ3v) is 2.90. The average Bonchev–Trinajstić information content (AvgIpc) is 2.50. The molecule has 0 unspecified atom stereocenters. The van der Waals surface area contributed by atoms with Crippen molar-refractivity contribution in [2.45, 2.75) is 0 Å². The van der Waals surface area contributed by atoms with Gasteiger partial charge in [0.2, 0.25) is 0 Å². The Kier molecular flexibility index (Phi) is 3.69. The van der Waals surface area contributed by atoms with E-state index >= 15 is 0 Å². The van der Waals surface area contributed by atoms with Gasteiger partial charge in [0.1, 0.15) is 11.6 Å². The normalized spacial score (nSPS) is 10.1. The summed E-state index contributed by atoms with van der Waals surface area (Å²) in [6.45, 7) is 0. The van der Waals surface area contributed by atoms with Gasteiger partial charge in [-0.25, -0.2) is 4.98 Å².